The highest BCUT2D eigenvalue weighted by molar-refractivity contribution is 5.77. The van der Waals surface area contributed by atoms with E-state index in [0.29, 0.717) is 18.9 Å². The van der Waals surface area contributed by atoms with Crippen molar-refractivity contribution in [3.8, 4) is 0 Å². The minimum Gasteiger partial charge on any atom is -0.469 e. The first-order valence-corrected chi connectivity index (χ1v) is 7.35. The summed E-state index contributed by atoms with van der Waals surface area (Å²) < 4.78 is 5.04. The van der Waals surface area contributed by atoms with Crippen LogP contribution in [0.3, 0.4) is 0 Å². The third kappa shape index (κ3) is 3.21. The molecule has 0 spiro atoms. The molecular weight excluding hydrogens is 250 g/mol. The topological polar surface area (TPSA) is 52.3 Å². The quantitative estimate of drug-likeness (QED) is 0.812. The molecule has 1 aromatic carbocycles. The Kier molecular flexibility index (Phi) is 4.48. The van der Waals surface area contributed by atoms with Crippen molar-refractivity contribution in [2.75, 3.05) is 13.7 Å². The summed E-state index contributed by atoms with van der Waals surface area (Å²) in [6, 6.07) is 6.37. The number of benzene rings is 1. The molecule has 2 rings (SSSR count). The molecule has 0 radical (unpaired) electrons. The largest absolute Gasteiger partial charge is 0.469 e. The number of hydrogen-bond acceptors (Lipinski definition) is 3. The normalized spacial score (nSPS) is 17.6. The highest BCUT2D eigenvalue weighted by atomic mass is 16.5. The average molecular weight is 275 g/mol. The van der Waals surface area contributed by atoms with Gasteiger partial charge in [0.15, 0.2) is 0 Å². The van der Waals surface area contributed by atoms with Gasteiger partial charge in [-0.15, -0.1) is 0 Å². The molecule has 1 atom stereocenters. The summed E-state index contributed by atoms with van der Waals surface area (Å²) in [7, 11) is 1.46. The van der Waals surface area contributed by atoms with E-state index in [1.165, 1.54) is 36.6 Å². The Bertz CT molecular complexity index is 494. The van der Waals surface area contributed by atoms with Crippen molar-refractivity contribution in [1.82, 2.24) is 0 Å². The van der Waals surface area contributed by atoms with E-state index in [2.05, 4.69) is 32.0 Å². The minimum absolute atomic E-state index is 0.162. The zero-order chi connectivity index (χ0) is 14.8. The van der Waals surface area contributed by atoms with Crippen molar-refractivity contribution in [2.45, 2.75) is 39.5 Å². The van der Waals surface area contributed by atoms with Crippen molar-refractivity contribution in [1.29, 1.82) is 0 Å². The van der Waals surface area contributed by atoms with Crippen LogP contribution < -0.4 is 5.73 Å². The van der Waals surface area contributed by atoms with Gasteiger partial charge in [-0.3, -0.25) is 4.79 Å². The monoisotopic (exact) mass is 275 g/mol. The first-order chi connectivity index (χ1) is 9.50. The summed E-state index contributed by atoms with van der Waals surface area (Å²) in [6.45, 7) is 4.55. The van der Waals surface area contributed by atoms with Gasteiger partial charge in [-0.2, -0.15) is 0 Å². The fourth-order valence-electron chi connectivity index (χ4n) is 2.86. The summed E-state index contributed by atoms with van der Waals surface area (Å²) in [5, 5.41) is 0. The summed E-state index contributed by atoms with van der Waals surface area (Å²) in [4.78, 5) is 12.3. The molecule has 1 aliphatic rings. The fourth-order valence-corrected chi connectivity index (χ4v) is 2.86. The average Bonchev–Trinajstić information content (AvgIpc) is 3.25. The van der Waals surface area contributed by atoms with Gasteiger partial charge < -0.3 is 10.5 Å². The molecule has 0 aromatic heterocycles. The third-order valence-corrected chi connectivity index (χ3v) is 4.50. The molecule has 0 aliphatic heterocycles. The molecule has 0 saturated heterocycles. The molecule has 1 fully saturated rings. The van der Waals surface area contributed by atoms with Crippen molar-refractivity contribution in [2.24, 2.45) is 17.1 Å². The predicted molar refractivity (Wildman–Crippen MR) is 80.5 cm³/mol. The Morgan fingerprint density at radius 3 is 2.55 bits per heavy atom. The van der Waals surface area contributed by atoms with Gasteiger partial charge in [0.05, 0.1) is 12.5 Å². The molecule has 0 amide bonds. The molecule has 110 valence electrons. The third-order valence-electron chi connectivity index (χ3n) is 4.50. The summed E-state index contributed by atoms with van der Waals surface area (Å²) >= 11 is 0. The van der Waals surface area contributed by atoms with Gasteiger partial charge in [0.25, 0.3) is 0 Å². The van der Waals surface area contributed by atoms with Gasteiger partial charge in [0.1, 0.15) is 0 Å². The molecule has 1 saturated carbocycles. The zero-order valence-electron chi connectivity index (χ0n) is 12.7. The van der Waals surface area contributed by atoms with Gasteiger partial charge in [0.2, 0.25) is 0 Å². The molecule has 1 aliphatic carbocycles. The lowest BCUT2D eigenvalue weighted by atomic mass is 9.76. The van der Waals surface area contributed by atoms with Crippen LogP contribution in [0.15, 0.2) is 18.2 Å². The summed E-state index contributed by atoms with van der Waals surface area (Å²) in [6.07, 6.45) is 3.95. The number of hydrogen-bond donors (Lipinski definition) is 1. The van der Waals surface area contributed by atoms with Crippen molar-refractivity contribution >= 4 is 5.97 Å². The Balaban J connectivity index is 2.25. The van der Waals surface area contributed by atoms with Crippen LogP contribution in [0.25, 0.3) is 0 Å². The van der Waals surface area contributed by atoms with Crippen LogP contribution in [0.5, 0.6) is 0 Å². The number of carbonyl (C=O) groups is 1. The summed E-state index contributed by atoms with van der Waals surface area (Å²) in [5.74, 6) is 0.481. The van der Waals surface area contributed by atoms with Crippen LogP contribution in [-0.4, -0.2) is 19.6 Å². The molecule has 1 aromatic rings. The number of rotatable bonds is 6. The van der Waals surface area contributed by atoms with Crippen LogP contribution >= 0.6 is 0 Å². The predicted octanol–water partition coefficient (Wildman–Crippen LogP) is 2.76. The number of esters is 1. The Labute approximate surface area is 121 Å². The molecular formula is C17H25NO2. The first kappa shape index (κ1) is 15.0. The van der Waals surface area contributed by atoms with Gasteiger partial charge >= 0.3 is 5.97 Å². The lowest BCUT2D eigenvalue weighted by Crippen LogP contribution is -2.42. The van der Waals surface area contributed by atoms with E-state index in [4.69, 9.17) is 10.5 Å². The number of ether oxygens (including phenoxy) is 1. The van der Waals surface area contributed by atoms with Gasteiger partial charge in [0, 0.05) is 6.54 Å². The molecule has 0 heterocycles. The Hall–Kier alpha value is -1.35. The lowest BCUT2D eigenvalue weighted by Gasteiger charge is -2.30. The molecule has 1 unspecified atom stereocenters. The maximum Gasteiger partial charge on any atom is 0.313 e. The van der Waals surface area contributed by atoms with Crippen LogP contribution in [0.4, 0.5) is 0 Å². The van der Waals surface area contributed by atoms with E-state index >= 15 is 0 Å². The summed E-state index contributed by atoms with van der Waals surface area (Å²) in [5.41, 5.74) is 9.11. The van der Waals surface area contributed by atoms with E-state index in [1.54, 1.807) is 0 Å². The van der Waals surface area contributed by atoms with E-state index in [9.17, 15) is 4.79 Å². The Morgan fingerprint density at radius 2 is 2.05 bits per heavy atom. The number of methoxy groups -OCH3 is 1. The highest BCUT2D eigenvalue weighted by Crippen LogP contribution is 2.42. The second-order valence-corrected chi connectivity index (χ2v) is 6.22. The zero-order valence-corrected chi connectivity index (χ0v) is 12.7. The SMILES string of the molecule is COC(=O)C(CN)(Cc1ccc(C)c(C)c1)CC1CC1. The molecule has 20 heavy (non-hydrogen) atoms. The highest BCUT2D eigenvalue weighted by Gasteiger charge is 2.43. The Morgan fingerprint density at radius 1 is 1.35 bits per heavy atom. The van der Waals surface area contributed by atoms with E-state index in [0.717, 1.165) is 6.42 Å². The van der Waals surface area contributed by atoms with Crippen LogP contribution in [0.1, 0.15) is 36.0 Å². The van der Waals surface area contributed by atoms with E-state index < -0.39 is 5.41 Å². The minimum atomic E-state index is -0.558. The second kappa shape index (κ2) is 5.96. The van der Waals surface area contributed by atoms with Crippen molar-refractivity contribution < 1.29 is 9.53 Å². The van der Waals surface area contributed by atoms with Gasteiger partial charge in [-0.25, -0.2) is 0 Å². The van der Waals surface area contributed by atoms with Crippen molar-refractivity contribution in [3.05, 3.63) is 34.9 Å². The van der Waals surface area contributed by atoms with E-state index in [1.807, 2.05) is 0 Å². The maximum absolute atomic E-state index is 12.3. The first-order valence-electron chi connectivity index (χ1n) is 7.35. The smallest absolute Gasteiger partial charge is 0.313 e. The molecule has 3 nitrogen and oxygen atoms in total. The van der Waals surface area contributed by atoms with Crippen LogP contribution in [0.2, 0.25) is 0 Å². The van der Waals surface area contributed by atoms with Gasteiger partial charge in [-0.05, 0) is 49.3 Å². The molecule has 3 heteroatoms. The lowest BCUT2D eigenvalue weighted by molar-refractivity contribution is -0.153. The van der Waals surface area contributed by atoms with Crippen LogP contribution in [-0.2, 0) is 16.0 Å². The number of aryl methyl sites for hydroxylation is 2. The molecule has 2 N–H and O–H groups in total. The fraction of sp³-hybridized carbons (Fsp3) is 0.588. The second-order valence-electron chi connectivity index (χ2n) is 6.22. The maximum atomic E-state index is 12.3. The number of carbonyl (C=O) groups excluding carboxylic acids is 1. The number of nitrogens with two attached hydrogens (primary N) is 1. The van der Waals surface area contributed by atoms with Gasteiger partial charge in [-0.1, -0.05) is 31.0 Å². The standard InChI is InChI=1S/C17H25NO2/c1-12-4-5-15(8-13(12)2)10-17(11-18,16(19)20-3)9-14-6-7-14/h4-5,8,14H,6-7,9-11,18H2,1-3H3. The van der Waals surface area contributed by atoms with E-state index in [-0.39, 0.29) is 5.97 Å². The molecule has 0 bridgehead atoms. The van der Waals surface area contributed by atoms with Crippen molar-refractivity contribution in [3.63, 3.8) is 0 Å². The van der Waals surface area contributed by atoms with Crippen LogP contribution in [0, 0.1) is 25.2 Å².